The van der Waals surface area contributed by atoms with E-state index in [1.165, 1.54) is 14.2 Å². The number of fused-ring (bicyclic) bond motifs is 1. The monoisotopic (exact) mass is 344 g/mol. The molecule has 0 spiro atoms. The van der Waals surface area contributed by atoms with Crippen LogP contribution in [0.3, 0.4) is 0 Å². The van der Waals surface area contributed by atoms with Crippen molar-refractivity contribution in [1.82, 2.24) is 0 Å². The molecular formula is C20H24O5. The Morgan fingerprint density at radius 1 is 1.04 bits per heavy atom. The Morgan fingerprint density at radius 2 is 1.76 bits per heavy atom. The number of carbonyl (C=O) groups excluding carboxylic acids is 2. The molecule has 0 saturated carbocycles. The average Bonchev–Trinajstić information content (AvgIpc) is 2.85. The molecule has 134 valence electrons. The highest BCUT2D eigenvalue weighted by molar-refractivity contribution is 6.13. The fourth-order valence-corrected chi connectivity index (χ4v) is 2.96. The lowest BCUT2D eigenvalue weighted by atomic mass is 10.0. The van der Waals surface area contributed by atoms with Gasteiger partial charge in [-0.05, 0) is 25.8 Å². The molecule has 0 fully saturated rings. The molecule has 25 heavy (non-hydrogen) atoms. The molecule has 2 rings (SSSR count). The first-order valence-corrected chi connectivity index (χ1v) is 8.32. The molecule has 0 heterocycles. The Bertz CT molecular complexity index is 763. The number of hydrogen-bond acceptors (Lipinski definition) is 5. The van der Waals surface area contributed by atoms with Crippen LogP contribution in [0.5, 0.6) is 5.75 Å². The van der Waals surface area contributed by atoms with E-state index < -0.39 is 11.9 Å². The summed E-state index contributed by atoms with van der Waals surface area (Å²) in [5.41, 5.74) is 3.70. The van der Waals surface area contributed by atoms with Gasteiger partial charge in [0.05, 0.1) is 20.8 Å². The zero-order chi connectivity index (χ0) is 18.6. The van der Waals surface area contributed by atoms with E-state index in [1.54, 1.807) is 0 Å². The van der Waals surface area contributed by atoms with Crippen LogP contribution in [-0.4, -0.2) is 32.8 Å². The molecule has 2 aliphatic carbocycles. The van der Waals surface area contributed by atoms with Crippen LogP contribution >= 0.6 is 0 Å². The Balaban J connectivity index is 2.74. The van der Waals surface area contributed by atoms with Gasteiger partial charge < -0.3 is 14.2 Å². The quantitative estimate of drug-likeness (QED) is 0.582. The highest BCUT2D eigenvalue weighted by atomic mass is 16.5. The van der Waals surface area contributed by atoms with Crippen molar-refractivity contribution in [3.8, 4) is 16.9 Å². The maximum Gasteiger partial charge on any atom is 0.342 e. The highest BCUT2D eigenvalue weighted by Gasteiger charge is 2.34. The molecule has 5 nitrogen and oxygen atoms in total. The summed E-state index contributed by atoms with van der Waals surface area (Å²) in [4.78, 5) is 25.1. The van der Waals surface area contributed by atoms with Crippen molar-refractivity contribution in [2.45, 2.75) is 33.6 Å². The van der Waals surface area contributed by atoms with Gasteiger partial charge in [-0.1, -0.05) is 37.1 Å². The van der Waals surface area contributed by atoms with E-state index in [0.29, 0.717) is 17.7 Å². The van der Waals surface area contributed by atoms with Crippen LogP contribution in [0.4, 0.5) is 0 Å². The number of aryl methyl sites for hydroxylation is 2. The van der Waals surface area contributed by atoms with Gasteiger partial charge in [0.15, 0.2) is 0 Å². The molecule has 0 N–H and O–H groups in total. The third kappa shape index (κ3) is 3.60. The second-order valence-corrected chi connectivity index (χ2v) is 5.96. The molecule has 0 bridgehead atoms. The number of ether oxygens (including phenoxy) is 3. The zero-order valence-corrected chi connectivity index (χ0v) is 15.4. The molecule has 0 saturated heterocycles. The fraction of sp³-hybridized carbons (Fsp3) is 0.400. The van der Waals surface area contributed by atoms with Crippen LogP contribution in [0, 0.1) is 13.8 Å². The first-order valence-electron chi connectivity index (χ1n) is 8.32. The number of methoxy groups -OCH3 is 2. The van der Waals surface area contributed by atoms with Crippen LogP contribution in [0.2, 0.25) is 0 Å². The van der Waals surface area contributed by atoms with Gasteiger partial charge in [-0.2, -0.15) is 0 Å². The van der Waals surface area contributed by atoms with Gasteiger partial charge in [0.2, 0.25) is 0 Å². The van der Waals surface area contributed by atoms with Crippen LogP contribution in [-0.2, 0) is 9.47 Å². The van der Waals surface area contributed by atoms with E-state index in [4.69, 9.17) is 14.2 Å². The number of rotatable bonds is 6. The smallest absolute Gasteiger partial charge is 0.342 e. The molecule has 0 unspecified atom stereocenters. The zero-order valence-electron chi connectivity index (χ0n) is 15.4. The van der Waals surface area contributed by atoms with E-state index in [0.717, 1.165) is 24.0 Å². The number of unbranched alkanes of at least 4 members (excludes halogenated alkanes) is 1. The van der Waals surface area contributed by atoms with E-state index in [9.17, 15) is 9.59 Å². The third-order valence-electron chi connectivity index (χ3n) is 4.12. The highest BCUT2D eigenvalue weighted by Crippen LogP contribution is 2.44. The summed E-state index contributed by atoms with van der Waals surface area (Å²) < 4.78 is 15.7. The van der Waals surface area contributed by atoms with E-state index in [-0.39, 0.29) is 16.9 Å². The fourth-order valence-electron chi connectivity index (χ4n) is 2.96. The van der Waals surface area contributed by atoms with Crippen molar-refractivity contribution in [3.63, 3.8) is 0 Å². The van der Waals surface area contributed by atoms with Gasteiger partial charge in [-0.15, -0.1) is 0 Å². The minimum atomic E-state index is -0.540. The van der Waals surface area contributed by atoms with Crippen molar-refractivity contribution < 1.29 is 23.8 Å². The van der Waals surface area contributed by atoms with Gasteiger partial charge in [0, 0.05) is 11.1 Å². The Kier molecular flexibility index (Phi) is 6.02. The lowest BCUT2D eigenvalue weighted by Gasteiger charge is -2.07. The minimum Gasteiger partial charge on any atom is -0.495 e. The molecule has 0 atom stereocenters. The summed E-state index contributed by atoms with van der Waals surface area (Å²) in [5.74, 6) is -0.828. The molecule has 0 radical (unpaired) electrons. The lowest BCUT2D eigenvalue weighted by molar-refractivity contribution is 0.0497. The molecule has 2 aliphatic rings. The van der Waals surface area contributed by atoms with Crippen molar-refractivity contribution in [2.75, 3.05) is 20.8 Å². The summed E-state index contributed by atoms with van der Waals surface area (Å²) in [6.45, 7) is 6.21. The summed E-state index contributed by atoms with van der Waals surface area (Å²) in [6.07, 6.45) is 1.70. The minimum absolute atomic E-state index is 0.204. The van der Waals surface area contributed by atoms with Crippen molar-refractivity contribution >= 4 is 11.9 Å². The van der Waals surface area contributed by atoms with Crippen LogP contribution in [0.15, 0.2) is 18.2 Å². The standard InChI is InChI=1S/C20H24O5/c1-6-7-10-25-20(22)16-14-9-8-12(2)11-13(3)15(14)17(18(16)23-4)19(21)24-5/h8-9,11H,6-7,10H2,1-5H3. The van der Waals surface area contributed by atoms with Gasteiger partial charge in [0.25, 0.3) is 0 Å². The largest absolute Gasteiger partial charge is 0.495 e. The van der Waals surface area contributed by atoms with E-state index >= 15 is 0 Å². The molecule has 0 aromatic rings. The van der Waals surface area contributed by atoms with Crippen molar-refractivity contribution in [1.29, 1.82) is 0 Å². The summed E-state index contributed by atoms with van der Waals surface area (Å²) in [7, 11) is 2.74. The Labute approximate surface area is 148 Å². The van der Waals surface area contributed by atoms with Gasteiger partial charge in [-0.3, -0.25) is 0 Å². The van der Waals surface area contributed by atoms with E-state index in [1.807, 2.05) is 39.0 Å². The molecule has 0 amide bonds. The maximum atomic E-state index is 12.7. The van der Waals surface area contributed by atoms with Gasteiger partial charge in [0.1, 0.15) is 16.9 Å². The Hall–Kier alpha value is -2.56. The molecule has 0 aliphatic heterocycles. The average molecular weight is 344 g/mol. The number of esters is 2. The first-order chi connectivity index (χ1) is 12.0. The van der Waals surface area contributed by atoms with Crippen molar-refractivity contribution in [2.24, 2.45) is 0 Å². The first kappa shape index (κ1) is 18.8. The molecule has 0 aromatic carbocycles. The van der Waals surface area contributed by atoms with Gasteiger partial charge in [-0.25, -0.2) is 9.59 Å². The van der Waals surface area contributed by atoms with E-state index in [2.05, 4.69) is 0 Å². The lowest BCUT2D eigenvalue weighted by Crippen LogP contribution is -2.08. The SMILES string of the molecule is CCCCOC(=O)c1c2ccc(C)cc(C)c-2c(C(=O)OC)c1OC. The number of carbonyl (C=O) groups is 2. The molecule has 0 aromatic heterocycles. The van der Waals surface area contributed by atoms with Crippen molar-refractivity contribution in [3.05, 3.63) is 40.5 Å². The Morgan fingerprint density at radius 3 is 2.36 bits per heavy atom. The van der Waals surface area contributed by atoms with Crippen LogP contribution in [0.1, 0.15) is 51.6 Å². The summed E-state index contributed by atoms with van der Waals surface area (Å²) >= 11 is 0. The topological polar surface area (TPSA) is 61.8 Å². The second-order valence-electron chi connectivity index (χ2n) is 5.96. The molecule has 5 heteroatoms. The normalized spacial score (nSPS) is 10.6. The second kappa shape index (κ2) is 8.01. The summed E-state index contributed by atoms with van der Waals surface area (Å²) in [6, 6.07) is 5.68. The number of hydrogen-bond donors (Lipinski definition) is 0. The predicted octanol–water partition coefficient (Wildman–Crippen LogP) is 4.16. The van der Waals surface area contributed by atoms with Gasteiger partial charge >= 0.3 is 11.9 Å². The van der Waals surface area contributed by atoms with Crippen LogP contribution < -0.4 is 4.74 Å². The summed E-state index contributed by atoms with van der Waals surface area (Å²) in [5, 5.41) is 0. The predicted molar refractivity (Wildman–Crippen MR) is 95.6 cm³/mol. The third-order valence-corrected chi connectivity index (χ3v) is 4.12. The maximum absolute atomic E-state index is 12.7. The molecular weight excluding hydrogens is 320 g/mol. The van der Waals surface area contributed by atoms with Crippen LogP contribution in [0.25, 0.3) is 11.1 Å².